The molecule has 0 aliphatic heterocycles. The molecule has 3 rings (SSSR count). The third-order valence-electron chi connectivity index (χ3n) is 6.76. The Hall–Kier alpha value is -0.530. The van der Waals surface area contributed by atoms with Crippen molar-refractivity contribution in [2.75, 3.05) is 0 Å². The molecule has 2 nitrogen and oxygen atoms in total. The number of fused-ring (bicyclic) bond motifs is 3. The van der Waals surface area contributed by atoms with Crippen molar-refractivity contribution < 1.29 is 9.90 Å². The summed E-state index contributed by atoms with van der Waals surface area (Å²) in [5.41, 5.74) is -0.434. The molecule has 6 atom stereocenters. The van der Waals surface area contributed by atoms with Gasteiger partial charge in [-0.05, 0) is 75.0 Å². The zero-order chi connectivity index (χ0) is 13.6. The van der Waals surface area contributed by atoms with E-state index >= 15 is 0 Å². The fourth-order valence-electron chi connectivity index (χ4n) is 5.69. The lowest BCUT2D eigenvalue weighted by Crippen LogP contribution is -2.50. The predicted molar refractivity (Wildman–Crippen MR) is 75.8 cm³/mol. The van der Waals surface area contributed by atoms with Crippen LogP contribution in [-0.2, 0) is 4.79 Å². The summed E-state index contributed by atoms with van der Waals surface area (Å²) in [4.78, 5) is 11.7. The third kappa shape index (κ3) is 2.11. The van der Waals surface area contributed by atoms with Crippen molar-refractivity contribution in [3.8, 4) is 0 Å². The molecule has 0 heterocycles. The molecule has 3 saturated carbocycles. The summed E-state index contributed by atoms with van der Waals surface area (Å²) >= 11 is 0. The van der Waals surface area contributed by atoms with Gasteiger partial charge < -0.3 is 5.11 Å². The normalized spacial score (nSPS) is 50.1. The van der Waals surface area contributed by atoms with Crippen LogP contribution in [0.1, 0.15) is 65.2 Å². The molecule has 5 unspecified atom stereocenters. The minimum atomic E-state index is -0.537. The average molecular weight is 264 g/mol. The first-order valence-electron chi connectivity index (χ1n) is 8.26. The summed E-state index contributed by atoms with van der Waals surface area (Å²) < 4.78 is 0. The Kier molecular flexibility index (Phi) is 3.39. The summed E-state index contributed by atoms with van der Waals surface area (Å²) in [6.07, 6.45) is 9.91. The molecule has 3 aliphatic carbocycles. The van der Waals surface area contributed by atoms with Gasteiger partial charge in [-0.2, -0.15) is 0 Å². The molecule has 0 saturated heterocycles. The van der Waals surface area contributed by atoms with Gasteiger partial charge in [0.1, 0.15) is 0 Å². The summed E-state index contributed by atoms with van der Waals surface area (Å²) in [7, 11) is 0. The van der Waals surface area contributed by atoms with Gasteiger partial charge in [-0.1, -0.05) is 19.8 Å². The molecule has 2 heteroatoms. The van der Waals surface area contributed by atoms with Gasteiger partial charge in [0.25, 0.3) is 0 Å². The van der Waals surface area contributed by atoms with Gasteiger partial charge in [-0.15, -0.1) is 0 Å². The largest absolute Gasteiger partial charge is 0.481 e. The predicted octanol–water partition coefficient (Wildman–Crippen LogP) is 4.34. The number of hydrogen-bond acceptors (Lipinski definition) is 1. The Labute approximate surface area is 117 Å². The molecular formula is C17H28O2. The molecule has 108 valence electrons. The summed E-state index contributed by atoms with van der Waals surface area (Å²) in [6.45, 7) is 4.42. The zero-order valence-corrected chi connectivity index (χ0v) is 12.4. The maximum atomic E-state index is 11.7. The van der Waals surface area contributed by atoms with Gasteiger partial charge >= 0.3 is 5.97 Å². The Morgan fingerprint density at radius 3 is 2.63 bits per heavy atom. The van der Waals surface area contributed by atoms with Crippen LogP contribution in [0.15, 0.2) is 0 Å². The van der Waals surface area contributed by atoms with E-state index in [1.54, 1.807) is 0 Å². The second-order valence-electron chi connectivity index (χ2n) is 7.80. The van der Waals surface area contributed by atoms with Crippen LogP contribution in [0.25, 0.3) is 0 Å². The van der Waals surface area contributed by atoms with Gasteiger partial charge in [0, 0.05) is 0 Å². The van der Waals surface area contributed by atoms with Crippen molar-refractivity contribution in [3.05, 3.63) is 0 Å². The quantitative estimate of drug-likeness (QED) is 0.765. The number of rotatable bonds is 1. The first kappa shape index (κ1) is 13.5. The van der Waals surface area contributed by atoms with Gasteiger partial charge in [0.15, 0.2) is 0 Å². The summed E-state index contributed by atoms with van der Waals surface area (Å²) in [6, 6.07) is 0. The molecule has 0 aromatic carbocycles. The average Bonchev–Trinajstić information content (AvgIpc) is 2.38. The highest BCUT2D eigenvalue weighted by molar-refractivity contribution is 5.74. The number of aliphatic carboxylic acids is 1. The number of carbonyl (C=O) groups is 1. The van der Waals surface area contributed by atoms with Crippen LogP contribution in [0.3, 0.4) is 0 Å². The van der Waals surface area contributed by atoms with E-state index in [0.29, 0.717) is 11.8 Å². The molecule has 0 spiro atoms. The highest BCUT2D eigenvalue weighted by Crippen LogP contribution is 2.57. The zero-order valence-electron chi connectivity index (χ0n) is 12.4. The van der Waals surface area contributed by atoms with E-state index in [2.05, 4.69) is 6.92 Å². The molecule has 0 radical (unpaired) electrons. The third-order valence-corrected chi connectivity index (χ3v) is 6.76. The van der Waals surface area contributed by atoms with Crippen LogP contribution < -0.4 is 0 Å². The van der Waals surface area contributed by atoms with Gasteiger partial charge in [-0.3, -0.25) is 4.79 Å². The van der Waals surface area contributed by atoms with Crippen molar-refractivity contribution in [2.24, 2.45) is 35.0 Å². The molecule has 1 N–H and O–H groups in total. The van der Waals surface area contributed by atoms with Crippen LogP contribution >= 0.6 is 0 Å². The smallest absolute Gasteiger partial charge is 0.309 e. The molecule has 19 heavy (non-hydrogen) atoms. The van der Waals surface area contributed by atoms with E-state index < -0.39 is 11.4 Å². The summed E-state index contributed by atoms with van der Waals surface area (Å²) in [5.74, 6) is 3.27. The van der Waals surface area contributed by atoms with E-state index in [4.69, 9.17) is 0 Å². The summed E-state index contributed by atoms with van der Waals surface area (Å²) in [5, 5.41) is 9.67. The minimum absolute atomic E-state index is 0.434. The molecule has 0 aromatic rings. The Morgan fingerprint density at radius 1 is 1.11 bits per heavy atom. The van der Waals surface area contributed by atoms with E-state index in [-0.39, 0.29) is 0 Å². The van der Waals surface area contributed by atoms with E-state index in [1.165, 1.54) is 38.5 Å². The first-order valence-corrected chi connectivity index (χ1v) is 8.26. The maximum absolute atomic E-state index is 11.7. The molecule has 3 fully saturated rings. The molecule has 0 amide bonds. The highest BCUT2D eigenvalue weighted by Gasteiger charge is 2.53. The van der Waals surface area contributed by atoms with Crippen LogP contribution in [0.4, 0.5) is 0 Å². The first-order chi connectivity index (χ1) is 9.02. The van der Waals surface area contributed by atoms with Crippen molar-refractivity contribution in [1.29, 1.82) is 0 Å². The Bertz CT molecular complexity index is 364. The van der Waals surface area contributed by atoms with Gasteiger partial charge in [-0.25, -0.2) is 0 Å². The SMILES string of the molecule is CC1CCC2C(CCC3C2CCC[C@@]3(C)C(=O)O)C1. The van der Waals surface area contributed by atoms with Crippen molar-refractivity contribution in [3.63, 3.8) is 0 Å². The molecule has 0 aromatic heterocycles. The van der Waals surface area contributed by atoms with Crippen LogP contribution in [0, 0.1) is 35.0 Å². The van der Waals surface area contributed by atoms with E-state index in [0.717, 1.165) is 30.6 Å². The maximum Gasteiger partial charge on any atom is 0.309 e. The highest BCUT2D eigenvalue weighted by atomic mass is 16.4. The van der Waals surface area contributed by atoms with Crippen molar-refractivity contribution in [2.45, 2.75) is 65.2 Å². The van der Waals surface area contributed by atoms with Gasteiger partial charge in [0.05, 0.1) is 5.41 Å². The Morgan fingerprint density at radius 2 is 1.89 bits per heavy atom. The lowest BCUT2D eigenvalue weighted by atomic mass is 9.50. The number of carboxylic acids is 1. The topological polar surface area (TPSA) is 37.3 Å². The molecular weight excluding hydrogens is 236 g/mol. The van der Waals surface area contributed by atoms with Crippen molar-refractivity contribution >= 4 is 5.97 Å². The lowest BCUT2D eigenvalue weighted by molar-refractivity contribution is -0.161. The van der Waals surface area contributed by atoms with Crippen molar-refractivity contribution in [1.82, 2.24) is 0 Å². The fraction of sp³-hybridized carbons (Fsp3) is 0.941. The fourth-order valence-corrected chi connectivity index (χ4v) is 5.69. The standard InChI is InChI=1S/C17H28O2/c1-11-5-7-13-12(10-11)6-8-15-14(13)4-3-9-17(15,2)16(18)19/h11-15H,3-10H2,1-2H3,(H,18,19)/t11?,12?,13?,14?,15?,17-/m1/s1. The number of carboxylic acid groups (broad SMARTS) is 1. The second kappa shape index (κ2) is 4.79. The van der Waals surface area contributed by atoms with Crippen LogP contribution in [0.5, 0.6) is 0 Å². The second-order valence-corrected chi connectivity index (χ2v) is 7.80. The van der Waals surface area contributed by atoms with E-state index in [9.17, 15) is 9.90 Å². The Balaban J connectivity index is 1.82. The number of hydrogen-bond donors (Lipinski definition) is 1. The van der Waals surface area contributed by atoms with Crippen LogP contribution in [0.2, 0.25) is 0 Å². The monoisotopic (exact) mass is 264 g/mol. The molecule has 0 bridgehead atoms. The lowest BCUT2D eigenvalue weighted by Gasteiger charge is -2.54. The minimum Gasteiger partial charge on any atom is -0.481 e. The molecule has 3 aliphatic rings. The van der Waals surface area contributed by atoms with Gasteiger partial charge in [0.2, 0.25) is 0 Å². The van der Waals surface area contributed by atoms with Crippen LogP contribution in [-0.4, -0.2) is 11.1 Å². The van der Waals surface area contributed by atoms with E-state index in [1.807, 2.05) is 6.92 Å².